The van der Waals surface area contributed by atoms with Crippen LogP contribution < -0.4 is 0 Å². The van der Waals surface area contributed by atoms with Crippen molar-refractivity contribution in [2.24, 2.45) is 0 Å². The van der Waals surface area contributed by atoms with E-state index < -0.39 is 10.1 Å². The molecule has 0 radical (unpaired) electrons. The van der Waals surface area contributed by atoms with E-state index in [9.17, 15) is 13.0 Å². The van der Waals surface area contributed by atoms with Gasteiger partial charge in [-0.05, 0) is 26.0 Å². The van der Waals surface area contributed by atoms with Crippen molar-refractivity contribution in [1.82, 2.24) is 0 Å². The third-order valence-corrected chi connectivity index (χ3v) is 6.91. The summed E-state index contributed by atoms with van der Waals surface area (Å²) in [4.78, 5) is -0.178. The van der Waals surface area contributed by atoms with Crippen molar-refractivity contribution in [1.29, 1.82) is 0 Å². The average Bonchev–Trinajstić information content (AvgIpc) is 2.86. The van der Waals surface area contributed by atoms with Gasteiger partial charge in [0.25, 0.3) is 0 Å². The first-order valence-corrected chi connectivity index (χ1v) is 13.2. The number of nitrogens with zero attached hydrogens (tertiary/aromatic N) is 1. The zero-order chi connectivity index (χ0) is 25.2. The summed E-state index contributed by atoms with van der Waals surface area (Å²) in [5, 5.41) is 0. The lowest BCUT2D eigenvalue weighted by molar-refractivity contribution is -0.964. The van der Waals surface area contributed by atoms with E-state index in [-0.39, 0.29) is 4.90 Å². The van der Waals surface area contributed by atoms with Crippen LogP contribution in [-0.4, -0.2) is 24.0 Å². The smallest absolute Gasteiger partial charge is 0.124 e. The second-order valence-electron chi connectivity index (χ2n) is 8.86. The van der Waals surface area contributed by atoms with Gasteiger partial charge in [0.05, 0.1) is 11.4 Å². The highest BCUT2D eigenvalue weighted by atomic mass is 32.2. The Bertz CT molecular complexity index is 1160. The van der Waals surface area contributed by atoms with Gasteiger partial charge in [0.1, 0.15) is 29.8 Å². The molecule has 0 saturated carbocycles. The Balaban J connectivity index is 0.000000261. The number of aryl methyl sites for hydroxylation is 1. The quantitative estimate of drug-likeness (QED) is 0.216. The predicted molar refractivity (Wildman–Crippen MR) is 140 cm³/mol. The van der Waals surface area contributed by atoms with Gasteiger partial charge in [-0.15, -0.1) is 0 Å². The molecule has 0 heterocycles. The van der Waals surface area contributed by atoms with Crippen LogP contribution in [0, 0.1) is 6.92 Å². The molecule has 0 aliphatic carbocycles. The van der Waals surface area contributed by atoms with E-state index in [0.717, 1.165) is 36.2 Å². The zero-order valence-corrected chi connectivity index (χ0v) is 21.2. The van der Waals surface area contributed by atoms with E-state index in [1.807, 2.05) is 6.92 Å². The first kappa shape index (κ1) is 26.4. The van der Waals surface area contributed by atoms with E-state index in [4.69, 9.17) is 0 Å². The molecule has 0 atom stereocenters. The third-order valence-electron chi connectivity index (χ3n) is 6.06. The van der Waals surface area contributed by atoms with Crippen LogP contribution in [0.4, 0.5) is 0 Å². The molecule has 182 valence electrons. The highest BCUT2D eigenvalue weighted by Crippen LogP contribution is 2.23. The van der Waals surface area contributed by atoms with Crippen LogP contribution in [-0.2, 0) is 29.8 Å². The van der Waals surface area contributed by atoms with Crippen LogP contribution >= 0.6 is 0 Å². The van der Waals surface area contributed by atoms with Crippen molar-refractivity contribution in [3.05, 3.63) is 138 Å². The summed E-state index contributed by atoms with van der Waals surface area (Å²) >= 11 is 0. The predicted octanol–water partition coefficient (Wildman–Crippen LogP) is 6.32. The number of hydrogen-bond acceptors (Lipinski definition) is 3. The summed E-state index contributed by atoms with van der Waals surface area (Å²) in [6, 6.07) is 38.4. The molecule has 4 aromatic carbocycles. The lowest BCUT2D eigenvalue weighted by Crippen LogP contribution is -2.45. The van der Waals surface area contributed by atoms with Gasteiger partial charge in [0, 0.05) is 16.7 Å². The van der Waals surface area contributed by atoms with Gasteiger partial charge in [-0.3, -0.25) is 0 Å². The van der Waals surface area contributed by atoms with Crippen molar-refractivity contribution < 1.29 is 17.5 Å². The molecule has 5 heteroatoms. The van der Waals surface area contributed by atoms with Crippen LogP contribution in [0.25, 0.3) is 0 Å². The largest absolute Gasteiger partial charge is 0.744 e. The summed E-state index contributed by atoms with van der Waals surface area (Å²) in [7, 11) is -4.27. The van der Waals surface area contributed by atoms with E-state index in [1.165, 1.54) is 28.8 Å². The van der Waals surface area contributed by atoms with Crippen molar-refractivity contribution in [3.63, 3.8) is 0 Å². The molecule has 0 N–H and O–H groups in total. The van der Waals surface area contributed by atoms with Crippen molar-refractivity contribution in [3.8, 4) is 0 Å². The summed E-state index contributed by atoms with van der Waals surface area (Å²) in [6.45, 7) is 8.41. The van der Waals surface area contributed by atoms with Crippen molar-refractivity contribution >= 4 is 10.1 Å². The molecule has 0 fully saturated rings. The molecule has 0 saturated heterocycles. The fourth-order valence-corrected chi connectivity index (χ4v) is 4.59. The molecule has 4 aromatic rings. The van der Waals surface area contributed by atoms with Gasteiger partial charge in [0.15, 0.2) is 0 Å². The Labute approximate surface area is 209 Å². The minimum atomic E-state index is -4.27. The second-order valence-corrected chi connectivity index (χ2v) is 10.2. The molecule has 0 amide bonds. The molecule has 0 bridgehead atoms. The highest BCUT2D eigenvalue weighted by Gasteiger charge is 2.27. The molecule has 35 heavy (non-hydrogen) atoms. The van der Waals surface area contributed by atoms with Crippen LogP contribution in [0.5, 0.6) is 0 Å². The van der Waals surface area contributed by atoms with E-state index in [2.05, 4.69) is 97.9 Å². The third kappa shape index (κ3) is 8.48. The number of rotatable bonds is 8. The molecule has 0 unspecified atom stereocenters. The Kier molecular flexibility index (Phi) is 9.38. The maximum absolute atomic E-state index is 10.4. The van der Waals surface area contributed by atoms with E-state index in [1.54, 1.807) is 12.1 Å². The molecular weight excluding hydrogens is 454 g/mol. The van der Waals surface area contributed by atoms with Crippen LogP contribution in [0.15, 0.2) is 120 Å². The maximum atomic E-state index is 10.4. The second kappa shape index (κ2) is 12.5. The summed E-state index contributed by atoms with van der Waals surface area (Å²) < 4.78 is 32.2. The van der Waals surface area contributed by atoms with Gasteiger partial charge >= 0.3 is 0 Å². The Morgan fingerprint density at radius 3 is 1.23 bits per heavy atom. The number of quaternary nitrogens is 1. The summed E-state index contributed by atoms with van der Waals surface area (Å²) in [5.41, 5.74) is 5.15. The summed E-state index contributed by atoms with van der Waals surface area (Å²) in [5.74, 6) is 0. The minimum absolute atomic E-state index is 0.178. The summed E-state index contributed by atoms with van der Waals surface area (Å²) in [6.07, 6.45) is 0. The van der Waals surface area contributed by atoms with Crippen molar-refractivity contribution in [2.45, 2.75) is 38.4 Å². The van der Waals surface area contributed by atoms with E-state index in [0.29, 0.717) is 0 Å². The minimum Gasteiger partial charge on any atom is -0.744 e. The highest BCUT2D eigenvalue weighted by molar-refractivity contribution is 7.85. The van der Waals surface area contributed by atoms with Crippen LogP contribution in [0.2, 0.25) is 0 Å². The Morgan fingerprint density at radius 2 is 0.943 bits per heavy atom. The molecule has 0 aromatic heterocycles. The van der Waals surface area contributed by atoms with Crippen molar-refractivity contribution in [2.75, 3.05) is 6.54 Å². The molecule has 0 aliphatic rings. The normalized spacial score (nSPS) is 11.4. The molecule has 4 nitrogen and oxygen atoms in total. The van der Waals surface area contributed by atoms with Gasteiger partial charge in [-0.2, -0.15) is 0 Å². The van der Waals surface area contributed by atoms with Gasteiger partial charge in [-0.1, -0.05) is 109 Å². The monoisotopic (exact) mass is 487 g/mol. The van der Waals surface area contributed by atoms with Crippen LogP contribution in [0.1, 0.15) is 29.2 Å². The first-order valence-electron chi connectivity index (χ1n) is 11.8. The Hall–Kier alpha value is -3.25. The number of hydrogen-bond donors (Lipinski definition) is 0. The number of benzene rings is 4. The average molecular weight is 488 g/mol. The maximum Gasteiger partial charge on any atom is 0.124 e. The van der Waals surface area contributed by atoms with Crippen LogP contribution in [0.3, 0.4) is 0 Å². The molecular formula is C30H33NO3S. The first-order chi connectivity index (χ1) is 16.8. The molecule has 0 spiro atoms. The zero-order valence-electron chi connectivity index (χ0n) is 20.4. The molecule has 0 aliphatic heterocycles. The standard InChI is InChI=1S/C23H26N.C7H8O3S/c1-2-24(18-21-12-6-3-7-13-21,19-22-14-8-4-9-15-22)20-23-16-10-5-11-17-23;1-6-2-4-7(5-3-6)11(8,9)10/h3-17H,2,18-20H2,1H3;2-5H,1H3,(H,8,9,10)/q+1;/p-1. The Morgan fingerprint density at radius 1 is 0.600 bits per heavy atom. The molecule has 4 rings (SSSR count). The van der Waals surface area contributed by atoms with E-state index >= 15 is 0 Å². The topological polar surface area (TPSA) is 57.2 Å². The lowest BCUT2D eigenvalue weighted by Gasteiger charge is -2.38. The SMILES string of the molecule is CC[N+](Cc1ccccc1)(Cc1ccccc1)Cc1ccccc1.Cc1ccc(S(=O)(=O)[O-])cc1. The lowest BCUT2D eigenvalue weighted by atomic mass is 10.1. The fourth-order valence-electron chi connectivity index (χ4n) is 4.12. The fraction of sp³-hybridized carbons (Fsp3) is 0.200. The van der Waals surface area contributed by atoms with Gasteiger partial charge < -0.3 is 9.04 Å². The van der Waals surface area contributed by atoms with Gasteiger partial charge in [-0.25, -0.2) is 8.42 Å². The van der Waals surface area contributed by atoms with Gasteiger partial charge in [0.2, 0.25) is 0 Å².